The molecule has 0 aliphatic rings. The van der Waals surface area contributed by atoms with Gasteiger partial charge in [-0.15, -0.1) is 0 Å². The average Bonchev–Trinajstić information content (AvgIpc) is 2.80. The predicted molar refractivity (Wildman–Crippen MR) is 87.8 cm³/mol. The number of fused-ring (bicyclic) bond motifs is 1. The van der Waals surface area contributed by atoms with E-state index < -0.39 is 11.7 Å². The molecule has 0 atom stereocenters. The number of halogens is 3. The van der Waals surface area contributed by atoms with Gasteiger partial charge in [-0.05, 0) is 24.5 Å². The van der Waals surface area contributed by atoms with Gasteiger partial charge in [0.15, 0.2) is 5.65 Å². The zero-order valence-electron chi connectivity index (χ0n) is 13.9. The van der Waals surface area contributed by atoms with Crippen LogP contribution in [0.3, 0.4) is 0 Å². The van der Waals surface area contributed by atoms with Crippen LogP contribution in [0.4, 0.5) is 13.2 Å². The van der Waals surface area contributed by atoms with Gasteiger partial charge in [0.25, 0.3) is 0 Å². The second-order valence-corrected chi connectivity index (χ2v) is 6.24. The summed E-state index contributed by atoms with van der Waals surface area (Å²) in [6.45, 7) is 5.70. The fourth-order valence-electron chi connectivity index (χ4n) is 2.86. The van der Waals surface area contributed by atoms with Crippen LogP contribution >= 0.6 is 0 Å². The molecule has 2 aromatic heterocycles. The lowest BCUT2D eigenvalue weighted by molar-refractivity contribution is -0.136. The van der Waals surface area contributed by atoms with E-state index >= 15 is 0 Å². The van der Waals surface area contributed by atoms with Crippen molar-refractivity contribution in [3.05, 3.63) is 47.2 Å². The molecule has 24 heavy (non-hydrogen) atoms. The summed E-state index contributed by atoms with van der Waals surface area (Å²) in [7, 11) is 1.61. The van der Waals surface area contributed by atoms with Crippen molar-refractivity contribution in [1.82, 2.24) is 14.8 Å². The summed E-state index contributed by atoms with van der Waals surface area (Å²) in [4.78, 5) is 4.41. The van der Waals surface area contributed by atoms with Crippen molar-refractivity contribution >= 4 is 11.0 Å². The zero-order chi connectivity index (χ0) is 17.6. The SMILES string of the molecule is Cc1nn(C)c2nc(-c3ccc(C(C)C)cc3)cc(C(F)(F)F)c12. The van der Waals surface area contributed by atoms with E-state index in [1.54, 1.807) is 14.0 Å². The van der Waals surface area contributed by atoms with Crippen molar-refractivity contribution in [2.45, 2.75) is 32.9 Å². The molecule has 0 spiro atoms. The number of aromatic nitrogens is 3. The summed E-state index contributed by atoms with van der Waals surface area (Å²) in [5.74, 6) is 0.361. The molecule has 0 amide bonds. The lowest BCUT2D eigenvalue weighted by Gasteiger charge is -2.12. The first-order valence-electron chi connectivity index (χ1n) is 7.70. The van der Waals surface area contributed by atoms with Crippen molar-refractivity contribution < 1.29 is 13.2 Å². The molecule has 0 saturated heterocycles. The molecule has 0 bridgehead atoms. The molecule has 0 unspecified atom stereocenters. The molecule has 3 rings (SSSR count). The minimum atomic E-state index is -4.46. The molecular weight excluding hydrogens is 315 g/mol. The normalized spacial score (nSPS) is 12.3. The van der Waals surface area contributed by atoms with Crippen LogP contribution in [0.1, 0.15) is 36.6 Å². The Morgan fingerprint density at radius 1 is 1.08 bits per heavy atom. The summed E-state index contributed by atoms with van der Waals surface area (Å²) < 4.78 is 41.9. The first-order valence-corrected chi connectivity index (χ1v) is 7.70. The molecule has 3 nitrogen and oxygen atoms in total. The maximum Gasteiger partial charge on any atom is 0.417 e. The largest absolute Gasteiger partial charge is 0.417 e. The third kappa shape index (κ3) is 2.77. The van der Waals surface area contributed by atoms with Gasteiger partial charge in [-0.2, -0.15) is 18.3 Å². The van der Waals surface area contributed by atoms with Crippen LogP contribution in [0.5, 0.6) is 0 Å². The molecule has 0 saturated carbocycles. The van der Waals surface area contributed by atoms with Crippen LogP contribution in [-0.4, -0.2) is 14.8 Å². The number of alkyl halides is 3. The Balaban J connectivity index is 2.24. The highest BCUT2D eigenvalue weighted by atomic mass is 19.4. The first kappa shape index (κ1) is 16.5. The second-order valence-electron chi connectivity index (χ2n) is 6.24. The van der Waals surface area contributed by atoms with Crippen LogP contribution in [-0.2, 0) is 13.2 Å². The topological polar surface area (TPSA) is 30.7 Å². The van der Waals surface area contributed by atoms with E-state index in [0.717, 1.165) is 11.6 Å². The quantitative estimate of drug-likeness (QED) is 0.654. The van der Waals surface area contributed by atoms with Crippen LogP contribution in [0.25, 0.3) is 22.3 Å². The highest BCUT2D eigenvalue weighted by Crippen LogP contribution is 2.38. The van der Waals surface area contributed by atoms with Gasteiger partial charge in [-0.25, -0.2) is 4.98 Å². The summed E-state index contributed by atoms with van der Waals surface area (Å²) in [5, 5.41) is 4.15. The minimum Gasteiger partial charge on any atom is -0.250 e. The summed E-state index contributed by atoms with van der Waals surface area (Å²) in [5.41, 5.74) is 1.96. The number of rotatable bonds is 2. The lowest BCUT2D eigenvalue weighted by Crippen LogP contribution is -2.07. The standard InChI is InChI=1S/C18H18F3N3/c1-10(2)12-5-7-13(8-6-12)15-9-14(18(19,20)21)16-11(3)23-24(4)17(16)22-15/h5-10H,1-4H3. The highest BCUT2D eigenvalue weighted by molar-refractivity contribution is 5.85. The number of hydrogen-bond donors (Lipinski definition) is 0. The maximum atomic E-state index is 13.5. The average molecular weight is 333 g/mol. The van der Waals surface area contributed by atoms with E-state index in [4.69, 9.17) is 0 Å². The Hall–Kier alpha value is -2.37. The minimum absolute atomic E-state index is 0.0625. The van der Waals surface area contributed by atoms with Crippen LogP contribution in [0.2, 0.25) is 0 Å². The Bertz CT molecular complexity index is 890. The Kier molecular flexibility index (Phi) is 3.86. The van der Waals surface area contributed by atoms with Crippen molar-refractivity contribution in [2.24, 2.45) is 7.05 Å². The van der Waals surface area contributed by atoms with Crippen molar-refractivity contribution in [3.63, 3.8) is 0 Å². The smallest absolute Gasteiger partial charge is 0.250 e. The van der Waals surface area contributed by atoms with Crippen molar-refractivity contribution in [3.8, 4) is 11.3 Å². The maximum absolute atomic E-state index is 13.5. The molecule has 2 heterocycles. The summed E-state index contributed by atoms with van der Waals surface area (Å²) >= 11 is 0. The third-order valence-corrected chi connectivity index (χ3v) is 4.15. The number of pyridine rings is 1. The second kappa shape index (κ2) is 5.61. The van der Waals surface area contributed by atoms with Gasteiger partial charge < -0.3 is 0 Å². The molecule has 0 radical (unpaired) electrons. The Morgan fingerprint density at radius 3 is 2.25 bits per heavy atom. The molecule has 0 fully saturated rings. The van der Waals surface area contributed by atoms with E-state index in [9.17, 15) is 13.2 Å². The van der Waals surface area contributed by atoms with Crippen molar-refractivity contribution in [2.75, 3.05) is 0 Å². The Labute approximate surface area is 138 Å². The number of aryl methyl sites for hydroxylation is 2. The Morgan fingerprint density at radius 2 is 1.71 bits per heavy atom. The summed E-state index contributed by atoms with van der Waals surface area (Å²) in [6, 6.07) is 8.59. The van der Waals surface area contributed by atoms with Crippen LogP contribution < -0.4 is 0 Å². The van der Waals surface area contributed by atoms with Gasteiger partial charge in [-0.3, -0.25) is 4.68 Å². The number of benzene rings is 1. The van der Waals surface area contributed by atoms with Gasteiger partial charge in [0.05, 0.1) is 22.3 Å². The number of nitrogens with zero attached hydrogens (tertiary/aromatic N) is 3. The van der Waals surface area contributed by atoms with Gasteiger partial charge in [0.2, 0.25) is 0 Å². The van der Waals surface area contributed by atoms with Crippen LogP contribution in [0.15, 0.2) is 30.3 Å². The van der Waals surface area contributed by atoms with Gasteiger partial charge in [0, 0.05) is 12.6 Å². The van der Waals surface area contributed by atoms with E-state index in [0.29, 0.717) is 22.9 Å². The fraction of sp³-hybridized carbons (Fsp3) is 0.333. The molecule has 126 valence electrons. The van der Waals surface area contributed by atoms with E-state index in [2.05, 4.69) is 23.9 Å². The first-order chi connectivity index (χ1) is 11.2. The molecule has 1 aromatic carbocycles. The molecule has 6 heteroatoms. The molecule has 0 aliphatic heterocycles. The molecule has 0 aliphatic carbocycles. The summed E-state index contributed by atoms with van der Waals surface area (Å²) in [6.07, 6.45) is -4.46. The predicted octanol–water partition coefficient (Wildman–Crippen LogP) is 5.09. The zero-order valence-corrected chi connectivity index (χ0v) is 13.9. The van der Waals surface area contributed by atoms with Crippen molar-refractivity contribution in [1.29, 1.82) is 0 Å². The monoisotopic (exact) mass is 333 g/mol. The van der Waals surface area contributed by atoms with E-state index in [1.165, 1.54) is 4.68 Å². The lowest BCUT2D eigenvalue weighted by atomic mass is 9.99. The van der Waals surface area contributed by atoms with Gasteiger partial charge >= 0.3 is 6.18 Å². The van der Waals surface area contributed by atoms with E-state index in [-0.39, 0.29) is 11.0 Å². The molecular formula is C18H18F3N3. The highest BCUT2D eigenvalue weighted by Gasteiger charge is 2.35. The number of hydrogen-bond acceptors (Lipinski definition) is 2. The third-order valence-electron chi connectivity index (χ3n) is 4.15. The molecule has 0 N–H and O–H groups in total. The van der Waals surface area contributed by atoms with Crippen LogP contribution in [0, 0.1) is 6.92 Å². The van der Waals surface area contributed by atoms with Gasteiger partial charge in [0.1, 0.15) is 0 Å². The van der Waals surface area contributed by atoms with Gasteiger partial charge in [-0.1, -0.05) is 38.1 Å². The molecule has 3 aromatic rings. The fourth-order valence-corrected chi connectivity index (χ4v) is 2.86. The van der Waals surface area contributed by atoms with E-state index in [1.807, 2.05) is 24.3 Å².